The van der Waals surface area contributed by atoms with Crippen LogP contribution in [0.4, 0.5) is 10.3 Å². The summed E-state index contributed by atoms with van der Waals surface area (Å²) in [6.45, 7) is 1.01. The number of aromatic nitrogens is 2. The number of piperidine rings is 1. The van der Waals surface area contributed by atoms with Crippen LogP contribution in [0.3, 0.4) is 0 Å². The smallest absolute Gasteiger partial charge is 0.260 e. The Bertz CT molecular complexity index is 1260. The van der Waals surface area contributed by atoms with Gasteiger partial charge in [-0.2, -0.15) is 5.26 Å². The molecule has 0 unspecified atom stereocenters. The van der Waals surface area contributed by atoms with Crippen LogP contribution >= 0.6 is 0 Å². The lowest BCUT2D eigenvalue weighted by Crippen LogP contribution is -2.43. The lowest BCUT2D eigenvalue weighted by atomic mass is 9.99. The molecular formula is C25H26FN5O3. The third-order valence-electron chi connectivity index (χ3n) is 6.14. The van der Waals surface area contributed by atoms with E-state index < -0.39 is 12.6 Å². The van der Waals surface area contributed by atoms with E-state index in [0.29, 0.717) is 34.6 Å². The highest BCUT2D eigenvalue weighted by atomic mass is 19.1. The number of aromatic amines is 1. The topological polar surface area (TPSA) is 105 Å². The second-order valence-electron chi connectivity index (χ2n) is 8.40. The largest absolute Gasteiger partial charge is 0.468 e. The number of aliphatic hydroxyl groups is 1. The quantitative estimate of drug-likeness (QED) is 0.542. The van der Waals surface area contributed by atoms with E-state index in [9.17, 15) is 9.18 Å². The van der Waals surface area contributed by atoms with E-state index in [2.05, 4.69) is 24.0 Å². The van der Waals surface area contributed by atoms with Crippen molar-refractivity contribution in [1.29, 1.82) is 5.26 Å². The molecule has 0 bridgehead atoms. The maximum Gasteiger partial charge on any atom is 0.260 e. The van der Waals surface area contributed by atoms with Crippen LogP contribution in [0.2, 0.25) is 0 Å². The number of aliphatic hydroxyl groups excluding tert-OH is 1. The molecule has 0 spiro atoms. The van der Waals surface area contributed by atoms with Crippen molar-refractivity contribution in [3.63, 3.8) is 0 Å². The number of halogens is 1. The first-order chi connectivity index (χ1) is 16.4. The van der Waals surface area contributed by atoms with Gasteiger partial charge in [0.15, 0.2) is 6.79 Å². The minimum atomic E-state index is -0.673. The average Bonchev–Trinajstić information content (AvgIpc) is 2.84. The summed E-state index contributed by atoms with van der Waals surface area (Å²) < 4.78 is 19.6. The fourth-order valence-electron chi connectivity index (χ4n) is 4.23. The van der Waals surface area contributed by atoms with Crippen molar-refractivity contribution < 1.29 is 14.2 Å². The minimum absolute atomic E-state index is 0.0772. The van der Waals surface area contributed by atoms with Crippen molar-refractivity contribution in [2.24, 2.45) is 0 Å². The van der Waals surface area contributed by atoms with Gasteiger partial charge in [0.05, 0.1) is 16.8 Å². The Morgan fingerprint density at radius 2 is 1.88 bits per heavy atom. The lowest BCUT2D eigenvalue weighted by Gasteiger charge is -2.35. The Hall–Kier alpha value is -3.74. The zero-order valence-corrected chi connectivity index (χ0v) is 19.1. The predicted octanol–water partition coefficient (Wildman–Crippen LogP) is 2.97. The summed E-state index contributed by atoms with van der Waals surface area (Å²) in [6.07, 6.45) is 1.87. The van der Waals surface area contributed by atoms with Gasteiger partial charge in [-0.15, -0.1) is 0 Å². The highest BCUT2D eigenvalue weighted by Crippen LogP contribution is 2.31. The number of ether oxygens (including phenoxy) is 1. The standard InChI is InChI=1S/C25H26FN5O3/c1-30(2)19-9-11-31(12-10-19)25-28-23(17-3-4-18(14-27)21(26)13-17)22(24(33)29-25)16-5-7-20(8-6-16)34-15-32/h3-8,13,19,32H,9-12,15H2,1-2H3,(H,28,29,33). The molecule has 34 heavy (non-hydrogen) atoms. The number of benzene rings is 2. The Morgan fingerprint density at radius 3 is 2.47 bits per heavy atom. The van der Waals surface area contributed by atoms with Gasteiger partial charge in [-0.3, -0.25) is 9.78 Å². The summed E-state index contributed by atoms with van der Waals surface area (Å²) in [5.41, 5.74) is 1.15. The summed E-state index contributed by atoms with van der Waals surface area (Å²) in [5.74, 6) is 0.209. The first kappa shape index (κ1) is 23.4. The summed E-state index contributed by atoms with van der Waals surface area (Å²) in [5, 5.41) is 18.1. The molecule has 0 amide bonds. The molecule has 1 fully saturated rings. The van der Waals surface area contributed by atoms with E-state index in [1.165, 1.54) is 12.1 Å². The Labute approximate surface area is 196 Å². The van der Waals surface area contributed by atoms with Crippen molar-refractivity contribution in [3.8, 4) is 34.2 Å². The molecule has 0 radical (unpaired) electrons. The van der Waals surface area contributed by atoms with Gasteiger partial charge in [-0.25, -0.2) is 9.37 Å². The fourth-order valence-corrected chi connectivity index (χ4v) is 4.23. The van der Waals surface area contributed by atoms with Gasteiger partial charge in [0.2, 0.25) is 5.95 Å². The van der Waals surface area contributed by atoms with Crippen LogP contribution < -0.4 is 15.2 Å². The maximum atomic E-state index is 14.5. The molecule has 176 valence electrons. The van der Waals surface area contributed by atoms with Crippen molar-refractivity contribution in [1.82, 2.24) is 14.9 Å². The molecule has 4 rings (SSSR count). The van der Waals surface area contributed by atoms with Crippen LogP contribution in [-0.2, 0) is 0 Å². The zero-order valence-electron chi connectivity index (χ0n) is 19.1. The normalized spacial score (nSPS) is 14.3. The van der Waals surface area contributed by atoms with E-state index in [-0.39, 0.29) is 16.7 Å². The summed E-state index contributed by atoms with van der Waals surface area (Å²) >= 11 is 0. The Kier molecular flexibility index (Phi) is 6.91. The third kappa shape index (κ3) is 4.78. The van der Waals surface area contributed by atoms with Gasteiger partial charge >= 0.3 is 0 Å². The molecular weight excluding hydrogens is 437 g/mol. The van der Waals surface area contributed by atoms with E-state index in [0.717, 1.165) is 25.9 Å². The third-order valence-corrected chi connectivity index (χ3v) is 6.14. The number of anilines is 1. The summed E-state index contributed by atoms with van der Waals surface area (Å²) in [6, 6.07) is 13.1. The van der Waals surface area contributed by atoms with Crippen LogP contribution in [0, 0.1) is 17.1 Å². The van der Waals surface area contributed by atoms with E-state index in [4.69, 9.17) is 20.1 Å². The molecule has 8 nitrogen and oxygen atoms in total. The number of H-pyrrole nitrogens is 1. The Balaban J connectivity index is 1.80. The highest BCUT2D eigenvalue weighted by Gasteiger charge is 2.24. The van der Waals surface area contributed by atoms with Crippen LogP contribution in [0.5, 0.6) is 5.75 Å². The molecule has 0 aliphatic carbocycles. The van der Waals surface area contributed by atoms with Crippen LogP contribution in [0.1, 0.15) is 18.4 Å². The van der Waals surface area contributed by atoms with Crippen molar-refractivity contribution in [2.45, 2.75) is 18.9 Å². The fraction of sp³-hybridized carbons (Fsp3) is 0.320. The second-order valence-corrected chi connectivity index (χ2v) is 8.40. The lowest BCUT2D eigenvalue weighted by molar-refractivity contribution is 0.0985. The van der Waals surface area contributed by atoms with E-state index in [1.54, 1.807) is 30.3 Å². The molecule has 2 N–H and O–H groups in total. The molecule has 9 heteroatoms. The molecule has 2 heterocycles. The van der Waals surface area contributed by atoms with Gasteiger partial charge in [-0.05, 0) is 56.8 Å². The first-order valence-corrected chi connectivity index (χ1v) is 11.0. The molecule has 2 aromatic carbocycles. The van der Waals surface area contributed by atoms with Crippen molar-refractivity contribution >= 4 is 5.95 Å². The molecule has 3 aromatic rings. The monoisotopic (exact) mass is 463 g/mol. The Morgan fingerprint density at radius 1 is 1.21 bits per heavy atom. The molecule has 1 saturated heterocycles. The molecule has 1 aliphatic heterocycles. The van der Waals surface area contributed by atoms with Gasteiger partial charge in [0, 0.05) is 24.7 Å². The van der Waals surface area contributed by atoms with Crippen molar-refractivity contribution in [3.05, 3.63) is 64.2 Å². The minimum Gasteiger partial charge on any atom is -0.468 e. The van der Waals surface area contributed by atoms with E-state index >= 15 is 0 Å². The molecule has 1 aromatic heterocycles. The molecule has 0 saturated carbocycles. The predicted molar refractivity (Wildman–Crippen MR) is 127 cm³/mol. The maximum absolute atomic E-state index is 14.5. The highest BCUT2D eigenvalue weighted by molar-refractivity contribution is 5.81. The van der Waals surface area contributed by atoms with Gasteiger partial charge in [-0.1, -0.05) is 18.2 Å². The SMILES string of the molecule is CN(C)C1CCN(c2nc(-c3ccc(C#N)c(F)c3)c(-c3ccc(OCO)cc3)c(=O)[nH]2)CC1. The number of hydrogen-bond acceptors (Lipinski definition) is 7. The second kappa shape index (κ2) is 10.0. The van der Waals surface area contributed by atoms with Crippen LogP contribution in [0.25, 0.3) is 22.4 Å². The van der Waals surface area contributed by atoms with Crippen LogP contribution in [-0.4, -0.2) is 60.0 Å². The van der Waals surface area contributed by atoms with Gasteiger partial charge in [0.1, 0.15) is 17.6 Å². The average molecular weight is 464 g/mol. The summed E-state index contributed by atoms with van der Waals surface area (Å²) in [7, 11) is 4.12. The number of rotatable bonds is 6. The zero-order chi connectivity index (χ0) is 24.2. The van der Waals surface area contributed by atoms with Gasteiger partial charge < -0.3 is 19.6 Å². The number of nitrogens with one attached hydrogen (secondary N) is 1. The number of nitrogens with zero attached hydrogens (tertiary/aromatic N) is 4. The van der Waals surface area contributed by atoms with Crippen molar-refractivity contribution in [2.75, 3.05) is 38.9 Å². The summed E-state index contributed by atoms with van der Waals surface area (Å²) in [4.78, 5) is 25.2. The van der Waals surface area contributed by atoms with E-state index in [1.807, 2.05) is 11.0 Å². The molecule has 1 aliphatic rings. The first-order valence-electron chi connectivity index (χ1n) is 11.0. The number of hydrogen-bond donors (Lipinski definition) is 2. The van der Waals surface area contributed by atoms with Gasteiger partial charge in [0.25, 0.3) is 5.56 Å². The molecule has 0 atom stereocenters. The number of nitriles is 1. The van der Waals surface area contributed by atoms with Crippen LogP contribution in [0.15, 0.2) is 47.3 Å².